The molecule has 0 saturated carbocycles. The highest BCUT2D eigenvalue weighted by Gasteiger charge is 2.24. The largest absolute Gasteiger partial charge is 0.476 e. The first-order valence-corrected chi connectivity index (χ1v) is 6.80. The van der Waals surface area contributed by atoms with E-state index in [2.05, 4.69) is 23.7 Å². The van der Waals surface area contributed by atoms with Crippen LogP contribution in [0.2, 0.25) is 0 Å². The maximum absolute atomic E-state index is 10.8. The Labute approximate surface area is 105 Å². The van der Waals surface area contributed by atoms with Crippen LogP contribution >= 0.6 is 11.3 Å². The molecule has 1 saturated heterocycles. The maximum atomic E-state index is 10.8. The minimum atomic E-state index is -0.942. The van der Waals surface area contributed by atoms with Gasteiger partial charge in [-0.25, -0.2) is 9.78 Å². The molecule has 1 aliphatic heterocycles. The molecule has 0 bridgehead atoms. The van der Waals surface area contributed by atoms with Gasteiger partial charge in [-0.2, -0.15) is 0 Å². The Morgan fingerprint density at radius 2 is 2.24 bits per heavy atom. The first-order valence-electron chi connectivity index (χ1n) is 5.92. The lowest BCUT2D eigenvalue weighted by Gasteiger charge is -2.22. The molecule has 1 fully saturated rings. The normalized spacial score (nSPS) is 20.0. The lowest BCUT2D eigenvalue weighted by molar-refractivity contribution is 0.0691. The predicted octanol–water partition coefficient (Wildman–Crippen LogP) is 2.86. The molecule has 0 unspecified atom stereocenters. The molecule has 5 heteroatoms. The number of anilines is 1. The summed E-state index contributed by atoms with van der Waals surface area (Å²) in [6, 6.07) is 0. The van der Waals surface area contributed by atoms with E-state index >= 15 is 0 Å². The summed E-state index contributed by atoms with van der Waals surface area (Å²) in [5.41, 5.74) is 0.551. The Kier molecular flexibility index (Phi) is 3.38. The summed E-state index contributed by atoms with van der Waals surface area (Å²) in [6.07, 6.45) is 3.50. The van der Waals surface area contributed by atoms with Crippen molar-refractivity contribution in [3.05, 3.63) is 11.1 Å². The van der Waals surface area contributed by atoms with E-state index in [0.29, 0.717) is 5.41 Å². The van der Waals surface area contributed by atoms with Crippen LogP contribution in [-0.4, -0.2) is 29.1 Å². The van der Waals surface area contributed by atoms with Crippen LogP contribution in [0, 0.1) is 5.41 Å². The highest BCUT2D eigenvalue weighted by molar-refractivity contribution is 7.13. The minimum absolute atomic E-state index is 0.161. The molecule has 1 N–H and O–H groups in total. The third-order valence-electron chi connectivity index (χ3n) is 3.32. The summed E-state index contributed by atoms with van der Waals surface area (Å²) in [4.78, 5) is 17.2. The molecule has 0 aromatic carbocycles. The number of hydrogen-bond acceptors (Lipinski definition) is 4. The molecule has 94 valence electrons. The quantitative estimate of drug-likeness (QED) is 0.881. The molecule has 1 aromatic rings. The van der Waals surface area contributed by atoms with Gasteiger partial charge in [-0.1, -0.05) is 13.8 Å². The van der Waals surface area contributed by atoms with Gasteiger partial charge in [0.1, 0.15) is 0 Å². The number of thiazole rings is 1. The molecule has 0 radical (unpaired) electrons. The van der Waals surface area contributed by atoms with Crippen molar-refractivity contribution in [3.63, 3.8) is 0 Å². The summed E-state index contributed by atoms with van der Waals surface area (Å²) >= 11 is 1.43. The highest BCUT2D eigenvalue weighted by atomic mass is 32.1. The molecule has 1 aromatic heterocycles. The van der Waals surface area contributed by atoms with Gasteiger partial charge in [-0.15, -0.1) is 11.3 Å². The van der Waals surface area contributed by atoms with E-state index in [-0.39, 0.29) is 5.69 Å². The SMILES string of the molecule is CC1(C)CCCN(c2nc(C(=O)O)cs2)CC1. The van der Waals surface area contributed by atoms with E-state index in [0.717, 1.165) is 31.1 Å². The Bertz CT molecular complexity index is 414. The summed E-state index contributed by atoms with van der Waals surface area (Å²) in [5, 5.41) is 11.3. The average molecular weight is 254 g/mol. The van der Waals surface area contributed by atoms with E-state index in [4.69, 9.17) is 5.11 Å². The molecule has 0 spiro atoms. The van der Waals surface area contributed by atoms with Gasteiger partial charge in [0.2, 0.25) is 0 Å². The second kappa shape index (κ2) is 4.64. The Morgan fingerprint density at radius 1 is 1.47 bits per heavy atom. The third kappa shape index (κ3) is 2.97. The smallest absolute Gasteiger partial charge is 0.355 e. The van der Waals surface area contributed by atoms with E-state index in [1.807, 2.05) is 0 Å². The molecule has 0 aliphatic carbocycles. The van der Waals surface area contributed by atoms with Crippen molar-refractivity contribution in [2.45, 2.75) is 33.1 Å². The molecule has 0 atom stereocenters. The number of carbonyl (C=O) groups is 1. The van der Waals surface area contributed by atoms with Crippen molar-refractivity contribution in [3.8, 4) is 0 Å². The van der Waals surface area contributed by atoms with Crippen LogP contribution in [0.4, 0.5) is 5.13 Å². The maximum Gasteiger partial charge on any atom is 0.355 e. The Balaban J connectivity index is 2.09. The van der Waals surface area contributed by atoms with Crippen LogP contribution in [0.15, 0.2) is 5.38 Å². The molecule has 4 nitrogen and oxygen atoms in total. The van der Waals surface area contributed by atoms with Gasteiger partial charge in [-0.05, 0) is 24.7 Å². The fourth-order valence-corrected chi connectivity index (χ4v) is 2.98. The molecular formula is C12H18N2O2S. The van der Waals surface area contributed by atoms with E-state index in [1.54, 1.807) is 5.38 Å². The van der Waals surface area contributed by atoms with Gasteiger partial charge < -0.3 is 10.0 Å². The molecule has 1 aliphatic rings. The van der Waals surface area contributed by atoms with Gasteiger partial charge in [0.25, 0.3) is 0 Å². The number of carboxylic acids is 1. The van der Waals surface area contributed by atoms with Crippen molar-refractivity contribution in [1.82, 2.24) is 4.98 Å². The third-order valence-corrected chi connectivity index (χ3v) is 4.22. The minimum Gasteiger partial charge on any atom is -0.476 e. The number of carboxylic acid groups (broad SMARTS) is 1. The average Bonchev–Trinajstić information content (AvgIpc) is 2.65. The summed E-state index contributed by atoms with van der Waals surface area (Å²) in [6.45, 7) is 6.54. The standard InChI is InChI=1S/C12H18N2O2S/c1-12(2)4-3-6-14(7-5-12)11-13-9(8-17-11)10(15)16/h8H,3-7H2,1-2H3,(H,15,16). The van der Waals surface area contributed by atoms with Crippen molar-refractivity contribution < 1.29 is 9.90 Å². The second-order valence-electron chi connectivity index (χ2n) is 5.33. The topological polar surface area (TPSA) is 53.4 Å². The second-order valence-corrected chi connectivity index (χ2v) is 6.16. The molecule has 2 rings (SSSR count). The van der Waals surface area contributed by atoms with Crippen LogP contribution in [-0.2, 0) is 0 Å². The van der Waals surface area contributed by atoms with Crippen molar-refractivity contribution >= 4 is 22.4 Å². The van der Waals surface area contributed by atoms with Gasteiger partial charge in [-0.3, -0.25) is 0 Å². The number of aromatic nitrogens is 1. The van der Waals surface area contributed by atoms with Gasteiger partial charge in [0.05, 0.1) is 0 Å². The summed E-state index contributed by atoms with van der Waals surface area (Å²) < 4.78 is 0. The van der Waals surface area contributed by atoms with Crippen LogP contribution in [0.5, 0.6) is 0 Å². The number of hydrogen-bond donors (Lipinski definition) is 1. The van der Waals surface area contributed by atoms with E-state index < -0.39 is 5.97 Å². The van der Waals surface area contributed by atoms with Gasteiger partial charge >= 0.3 is 5.97 Å². The number of nitrogens with zero attached hydrogens (tertiary/aromatic N) is 2. The van der Waals surface area contributed by atoms with E-state index in [1.165, 1.54) is 17.8 Å². The number of rotatable bonds is 2. The Morgan fingerprint density at radius 3 is 2.88 bits per heavy atom. The summed E-state index contributed by atoms with van der Waals surface area (Å²) in [5.74, 6) is -0.942. The zero-order chi connectivity index (χ0) is 12.5. The first kappa shape index (κ1) is 12.4. The van der Waals surface area contributed by atoms with Crippen LogP contribution in [0.1, 0.15) is 43.6 Å². The Hall–Kier alpha value is -1.10. The summed E-state index contributed by atoms with van der Waals surface area (Å²) in [7, 11) is 0. The van der Waals surface area contributed by atoms with Gasteiger partial charge in [0.15, 0.2) is 10.8 Å². The van der Waals surface area contributed by atoms with Crippen molar-refractivity contribution in [2.75, 3.05) is 18.0 Å². The predicted molar refractivity (Wildman–Crippen MR) is 68.9 cm³/mol. The molecule has 0 amide bonds. The zero-order valence-corrected chi connectivity index (χ0v) is 11.1. The van der Waals surface area contributed by atoms with Crippen LogP contribution in [0.25, 0.3) is 0 Å². The van der Waals surface area contributed by atoms with Gasteiger partial charge in [0, 0.05) is 18.5 Å². The fraction of sp³-hybridized carbons (Fsp3) is 0.667. The molecule has 17 heavy (non-hydrogen) atoms. The molecular weight excluding hydrogens is 236 g/mol. The lowest BCUT2D eigenvalue weighted by atomic mass is 9.85. The van der Waals surface area contributed by atoms with E-state index in [9.17, 15) is 4.79 Å². The zero-order valence-electron chi connectivity index (χ0n) is 10.3. The van der Waals surface area contributed by atoms with Crippen molar-refractivity contribution in [2.24, 2.45) is 5.41 Å². The first-order chi connectivity index (χ1) is 7.98. The fourth-order valence-electron chi connectivity index (χ4n) is 2.12. The van der Waals surface area contributed by atoms with Crippen molar-refractivity contribution in [1.29, 1.82) is 0 Å². The number of aromatic carboxylic acids is 1. The monoisotopic (exact) mass is 254 g/mol. The van der Waals surface area contributed by atoms with Crippen LogP contribution in [0.3, 0.4) is 0 Å². The lowest BCUT2D eigenvalue weighted by Crippen LogP contribution is -2.25. The highest BCUT2D eigenvalue weighted by Crippen LogP contribution is 2.32. The molecule has 2 heterocycles. The van der Waals surface area contributed by atoms with Crippen LogP contribution < -0.4 is 4.90 Å².